The fourth-order valence-corrected chi connectivity index (χ4v) is 10.8. The standard InChI is InChI=1S/C21H46O3Si.C10H20O5Si.C9H18O5Si/c1-5-6-7-8-9-10-11-12-13-14-15-16-17-18-19-20-21-25(22-2,23-3)24-4;1-9(2)10(11)15-7-6-8-16(12-3,13-4)14-5;1-5-9(10)14-7-6-8-15(11-2,12-3)13-4/h5-21H2,1-4H3;1,6-8H2,2-5H3;5H,1,6-8H2,2-4H3. The topological polar surface area (TPSA) is 136 Å². The molecular weight excluding hydrogens is 773 g/mol. The summed E-state index contributed by atoms with van der Waals surface area (Å²) >= 11 is 0. The highest BCUT2D eigenvalue weighted by atomic mass is 28.4. The van der Waals surface area contributed by atoms with Crippen molar-refractivity contribution in [1.82, 2.24) is 0 Å². The zero-order valence-electron chi connectivity index (χ0n) is 37.6. The Balaban J connectivity index is -0.000000790. The fraction of sp³-hybridized carbons (Fsp3) is 0.850. The molecule has 13 nitrogen and oxygen atoms in total. The summed E-state index contributed by atoms with van der Waals surface area (Å²) in [5, 5.41) is 0. The molecule has 0 amide bonds. The molecule has 0 N–H and O–H groups in total. The third-order valence-electron chi connectivity index (χ3n) is 9.38. The lowest BCUT2D eigenvalue weighted by Crippen LogP contribution is -2.42. The van der Waals surface area contributed by atoms with Crippen molar-refractivity contribution in [3.8, 4) is 0 Å². The van der Waals surface area contributed by atoms with Gasteiger partial charge in [-0.2, -0.15) is 0 Å². The summed E-state index contributed by atoms with van der Waals surface area (Å²) in [4.78, 5) is 21.8. The first kappa shape index (κ1) is 59.0. The van der Waals surface area contributed by atoms with Crippen molar-refractivity contribution < 1.29 is 58.9 Å². The van der Waals surface area contributed by atoms with Crippen LogP contribution in [-0.2, 0) is 58.9 Å². The average Bonchev–Trinajstić information content (AvgIpc) is 3.23. The van der Waals surface area contributed by atoms with Crippen LogP contribution in [0.5, 0.6) is 0 Å². The molecule has 16 heteroatoms. The molecule has 0 aromatic heterocycles. The number of rotatable bonds is 36. The highest BCUT2D eigenvalue weighted by Crippen LogP contribution is 2.19. The Hall–Kier alpha value is -1.29. The number of carbonyl (C=O) groups is 2. The van der Waals surface area contributed by atoms with Gasteiger partial charge in [-0.15, -0.1) is 0 Å². The monoisotopic (exact) mass is 857 g/mol. The number of esters is 2. The predicted octanol–water partition coefficient (Wildman–Crippen LogP) is 9.48. The van der Waals surface area contributed by atoms with Crippen LogP contribution in [-0.4, -0.2) is 116 Å². The van der Waals surface area contributed by atoms with E-state index in [1.54, 1.807) is 70.9 Å². The Morgan fingerprint density at radius 2 is 0.714 bits per heavy atom. The van der Waals surface area contributed by atoms with E-state index in [1.165, 1.54) is 96.3 Å². The molecule has 0 radical (unpaired) electrons. The van der Waals surface area contributed by atoms with Crippen LogP contribution in [0.4, 0.5) is 0 Å². The largest absolute Gasteiger partial charge is 0.500 e. The van der Waals surface area contributed by atoms with Crippen molar-refractivity contribution in [1.29, 1.82) is 0 Å². The quantitative estimate of drug-likeness (QED) is 0.0256. The van der Waals surface area contributed by atoms with E-state index < -0.39 is 32.4 Å². The van der Waals surface area contributed by atoms with Gasteiger partial charge in [-0.1, -0.05) is 116 Å². The van der Waals surface area contributed by atoms with E-state index in [-0.39, 0.29) is 5.97 Å². The lowest BCUT2D eigenvalue weighted by atomic mass is 10.0. The van der Waals surface area contributed by atoms with E-state index in [9.17, 15) is 9.59 Å². The van der Waals surface area contributed by atoms with E-state index in [2.05, 4.69) is 20.1 Å². The smallest absolute Gasteiger partial charge is 0.463 e. The van der Waals surface area contributed by atoms with Gasteiger partial charge in [0.25, 0.3) is 0 Å². The first-order chi connectivity index (χ1) is 26.9. The van der Waals surface area contributed by atoms with Crippen molar-refractivity contribution in [3.05, 3.63) is 24.8 Å². The number of ether oxygens (including phenoxy) is 2. The fourth-order valence-electron chi connectivity index (χ4n) is 5.66. The summed E-state index contributed by atoms with van der Waals surface area (Å²) < 4.78 is 57.4. The molecule has 0 rings (SSSR count). The van der Waals surface area contributed by atoms with Crippen LogP contribution in [0.15, 0.2) is 24.8 Å². The second-order valence-electron chi connectivity index (χ2n) is 13.4. The van der Waals surface area contributed by atoms with E-state index in [0.717, 1.165) is 18.5 Å². The number of hydrogen-bond donors (Lipinski definition) is 0. The SMILES string of the molecule is C=C(C)C(=O)OCCC[Si](OC)(OC)OC.C=CC(=O)OCCC[Si](OC)(OC)OC.CCCCCCCCCCCCCCCCCC[Si](OC)(OC)OC. The van der Waals surface area contributed by atoms with Crippen LogP contribution in [0.2, 0.25) is 18.1 Å². The minimum Gasteiger partial charge on any atom is -0.463 e. The molecule has 0 aliphatic heterocycles. The van der Waals surface area contributed by atoms with Crippen LogP contribution < -0.4 is 0 Å². The van der Waals surface area contributed by atoms with Gasteiger partial charge in [0.2, 0.25) is 0 Å². The van der Waals surface area contributed by atoms with Gasteiger partial charge in [0, 0.05) is 93.8 Å². The van der Waals surface area contributed by atoms with Gasteiger partial charge in [-0.25, -0.2) is 9.59 Å². The minimum absolute atomic E-state index is 0.315. The first-order valence-corrected chi connectivity index (χ1v) is 26.3. The van der Waals surface area contributed by atoms with Crippen LogP contribution in [0.1, 0.15) is 129 Å². The molecule has 0 saturated heterocycles. The Morgan fingerprint density at radius 1 is 0.446 bits per heavy atom. The van der Waals surface area contributed by atoms with Crippen molar-refractivity contribution in [3.63, 3.8) is 0 Å². The molecule has 0 aliphatic carbocycles. The van der Waals surface area contributed by atoms with Gasteiger partial charge in [0.15, 0.2) is 0 Å². The Morgan fingerprint density at radius 3 is 0.982 bits per heavy atom. The number of unbranched alkanes of at least 4 members (excludes halogenated alkanes) is 15. The zero-order chi connectivity index (χ0) is 43.0. The van der Waals surface area contributed by atoms with Crippen molar-refractivity contribution in [2.45, 2.75) is 148 Å². The van der Waals surface area contributed by atoms with Crippen LogP contribution in [0.25, 0.3) is 0 Å². The molecule has 0 spiro atoms. The normalized spacial score (nSPS) is 11.6. The highest BCUT2D eigenvalue weighted by molar-refractivity contribution is 6.61. The van der Waals surface area contributed by atoms with E-state index in [1.807, 2.05) is 0 Å². The summed E-state index contributed by atoms with van der Waals surface area (Å²) in [6, 6.07) is 2.16. The third-order valence-corrected chi connectivity index (χ3v) is 17.9. The maximum atomic E-state index is 11.1. The summed E-state index contributed by atoms with van der Waals surface area (Å²) in [6.07, 6.45) is 24.7. The molecule has 0 aliphatic rings. The van der Waals surface area contributed by atoms with Crippen LogP contribution >= 0.6 is 0 Å². The van der Waals surface area contributed by atoms with Crippen LogP contribution in [0, 0.1) is 0 Å². The maximum absolute atomic E-state index is 11.1. The lowest BCUT2D eigenvalue weighted by molar-refractivity contribution is -0.139. The highest BCUT2D eigenvalue weighted by Gasteiger charge is 2.38. The Kier molecular flexibility index (Phi) is 42.7. The Bertz CT molecular complexity index is 906. The van der Waals surface area contributed by atoms with Crippen molar-refractivity contribution >= 4 is 38.4 Å². The van der Waals surface area contributed by atoms with Gasteiger partial charge < -0.3 is 49.3 Å². The first-order valence-electron chi connectivity index (χ1n) is 20.5. The summed E-state index contributed by atoms with van der Waals surface area (Å²) in [5.74, 6) is -0.797. The molecule has 0 fully saturated rings. The van der Waals surface area contributed by atoms with Gasteiger partial charge in [0.05, 0.1) is 13.2 Å². The van der Waals surface area contributed by atoms with E-state index in [0.29, 0.717) is 43.7 Å². The van der Waals surface area contributed by atoms with E-state index >= 15 is 0 Å². The lowest BCUT2D eigenvalue weighted by Gasteiger charge is -2.24. The van der Waals surface area contributed by atoms with Crippen LogP contribution in [0.3, 0.4) is 0 Å². The molecule has 334 valence electrons. The van der Waals surface area contributed by atoms with Gasteiger partial charge >= 0.3 is 38.4 Å². The number of carbonyl (C=O) groups excluding carboxylic acids is 2. The molecule has 0 bridgehead atoms. The Labute approximate surface area is 345 Å². The second kappa shape index (κ2) is 40.5. The third kappa shape index (κ3) is 31.7. The van der Waals surface area contributed by atoms with Gasteiger partial charge in [-0.05, 0) is 26.2 Å². The second-order valence-corrected chi connectivity index (χ2v) is 22.7. The van der Waals surface area contributed by atoms with E-state index in [4.69, 9.17) is 49.3 Å². The molecular formula is C40H84O13Si3. The molecule has 56 heavy (non-hydrogen) atoms. The molecule has 0 saturated carbocycles. The molecule has 0 heterocycles. The summed E-state index contributed by atoms with van der Waals surface area (Å²) in [6.45, 7) is 11.3. The van der Waals surface area contributed by atoms with Crippen molar-refractivity contribution in [2.75, 3.05) is 77.2 Å². The average molecular weight is 857 g/mol. The maximum Gasteiger partial charge on any atom is 0.500 e. The number of hydrogen-bond acceptors (Lipinski definition) is 13. The molecule has 0 aromatic carbocycles. The molecule has 0 aromatic rings. The predicted molar refractivity (Wildman–Crippen MR) is 230 cm³/mol. The van der Waals surface area contributed by atoms with Crippen molar-refractivity contribution in [2.24, 2.45) is 0 Å². The molecule has 0 atom stereocenters. The summed E-state index contributed by atoms with van der Waals surface area (Å²) in [5.41, 5.74) is 0.397. The molecule has 0 unspecified atom stereocenters. The van der Waals surface area contributed by atoms with Gasteiger partial charge in [0.1, 0.15) is 0 Å². The summed E-state index contributed by atoms with van der Waals surface area (Å²) in [7, 11) is 7.04. The minimum atomic E-state index is -2.53. The van der Waals surface area contributed by atoms with Gasteiger partial charge in [-0.3, -0.25) is 0 Å². The zero-order valence-corrected chi connectivity index (χ0v) is 40.6.